The van der Waals surface area contributed by atoms with Crippen LogP contribution in [0.4, 0.5) is 0 Å². The van der Waals surface area contributed by atoms with E-state index in [4.69, 9.17) is 9.15 Å². The Kier molecular flexibility index (Phi) is 4.05. The van der Waals surface area contributed by atoms with Crippen LogP contribution in [0.2, 0.25) is 0 Å². The zero-order valence-electron chi connectivity index (χ0n) is 14.6. The Balaban J connectivity index is 1.57. The maximum absolute atomic E-state index is 12.4. The van der Waals surface area contributed by atoms with Gasteiger partial charge in [0.05, 0.1) is 12.6 Å². The quantitative estimate of drug-likeness (QED) is 0.601. The highest BCUT2D eigenvalue weighted by Gasteiger charge is 2.14. The number of benzene rings is 2. The molecule has 2 aromatic carbocycles. The first-order valence-corrected chi connectivity index (χ1v) is 8.34. The highest BCUT2D eigenvalue weighted by molar-refractivity contribution is 5.98. The maximum atomic E-state index is 12.4. The molecule has 0 saturated heterocycles. The van der Waals surface area contributed by atoms with Gasteiger partial charge in [-0.25, -0.2) is 4.98 Å². The summed E-state index contributed by atoms with van der Waals surface area (Å²) in [5, 5.41) is 4.70. The minimum atomic E-state index is -0.272. The Bertz CT molecular complexity index is 1110. The first-order chi connectivity index (χ1) is 12.6. The lowest BCUT2D eigenvalue weighted by atomic mass is 10.1. The van der Waals surface area contributed by atoms with Crippen LogP contribution < -0.4 is 10.1 Å². The number of furan rings is 1. The molecule has 0 radical (unpaired) electrons. The van der Waals surface area contributed by atoms with Crippen molar-refractivity contribution in [2.24, 2.45) is 0 Å². The van der Waals surface area contributed by atoms with E-state index in [1.165, 1.54) is 0 Å². The van der Waals surface area contributed by atoms with E-state index in [1.807, 2.05) is 55.5 Å². The average Bonchev–Trinajstić information content (AvgIpc) is 3.07. The predicted molar refractivity (Wildman–Crippen MR) is 100 cm³/mol. The number of pyridine rings is 1. The second-order valence-corrected chi connectivity index (χ2v) is 6.22. The molecule has 0 atom stereocenters. The number of nitrogens with one attached hydrogen (secondary N) is 1. The van der Waals surface area contributed by atoms with E-state index >= 15 is 0 Å². The van der Waals surface area contributed by atoms with Gasteiger partial charge in [-0.15, -0.1) is 0 Å². The molecule has 5 nitrogen and oxygen atoms in total. The third kappa shape index (κ3) is 3.11. The number of fused-ring (bicyclic) bond motifs is 2. The fourth-order valence-corrected chi connectivity index (χ4v) is 2.90. The van der Waals surface area contributed by atoms with E-state index in [-0.39, 0.29) is 11.7 Å². The smallest absolute Gasteiger partial charge is 0.287 e. The number of carbonyl (C=O) groups is 1. The van der Waals surface area contributed by atoms with Crippen LogP contribution in [0.25, 0.3) is 22.0 Å². The van der Waals surface area contributed by atoms with Crippen molar-refractivity contribution in [2.75, 3.05) is 7.11 Å². The van der Waals surface area contributed by atoms with Crippen molar-refractivity contribution in [3.05, 3.63) is 71.5 Å². The summed E-state index contributed by atoms with van der Waals surface area (Å²) in [5.74, 6) is 0.736. The van der Waals surface area contributed by atoms with Crippen LogP contribution in [0.15, 0.2) is 59.0 Å². The highest BCUT2D eigenvalue weighted by atomic mass is 16.5. The third-order valence-electron chi connectivity index (χ3n) is 4.27. The molecular weight excluding hydrogens is 328 g/mol. The first kappa shape index (κ1) is 16.1. The van der Waals surface area contributed by atoms with Gasteiger partial charge in [0.15, 0.2) is 5.76 Å². The van der Waals surface area contributed by atoms with Crippen LogP contribution in [0, 0.1) is 6.92 Å². The molecule has 0 aliphatic rings. The van der Waals surface area contributed by atoms with Crippen LogP contribution in [-0.2, 0) is 6.54 Å². The van der Waals surface area contributed by atoms with Crippen molar-refractivity contribution >= 4 is 27.9 Å². The van der Waals surface area contributed by atoms with Gasteiger partial charge in [0, 0.05) is 17.3 Å². The zero-order valence-corrected chi connectivity index (χ0v) is 14.6. The summed E-state index contributed by atoms with van der Waals surface area (Å²) in [4.78, 5) is 16.9. The van der Waals surface area contributed by atoms with Crippen LogP contribution >= 0.6 is 0 Å². The number of aromatic nitrogens is 1. The van der Waals surface area contributed by atoms with Gasteiger partial charge >= 0.3 is 0 Å². The summed E-state index contributed by atoms with van der Waals surface area (Å²) < 4.78 is 10.9. The lowest BCUT2D eigenvalue weighted by Crippen LogP contribution is -2.22. The molecule has 0 fully saturated rings. The number of aryl methyl sites for hydroxylation is 1. The van der Waals surface area contributed by atoms with Crippen molar-refractivity contribution in [2.45, 2.75) is 13.5 Å². The minimum Gasteiger partial charge on any atom is -0.497 e. The molecule has 0 spiro atoms. The molecule has 0 aliphatic carbocycles. The van der Waals surface area contributed by atoms with Gasteiger partial charge in [-0.2, -0.15) is 0 Å². The molecule has 2 aromatic heterocycles. The summed E-state index contributed by atoms with van der Waals surface area (Å²) in [6, 6.07) is 17.3. The van der Waals surface area contributed by atoms with Gasteiger partial charge in [0.2, 0.25) is 5.71 Å². The standard InChI is InChI=1S/C21H18N2O3/c1-13-6-7-15-10-16-11-19(26-21(16)23-18(15)8-13)20(24)22-12-14-4-3-5-17(9-14)25-2/h3-11H,12H2,1-2H3,(H,22,24). The van der Waals surface area contributed by atoms with E-state index in [1.54, 1.807) is 13.2 Å². The van der Waals surface area contributed by atoms with E-state index in [9.17, 15) is 4.79 Å². The Morgan fingerprint density at radius 2 is 2.00 bits per heavy atom. The van der Waals surface area contributed by atoms with Gasteiger partial charge in [0.25, 0.3) is 5.91 Å². The number of hydrogen-bond donors (Lipinski definition) is 1. The Hall–Kier alpha value is -3.34. The zero-order chi connectivity index (χ0) is 18.1. The van der Waals surface area contributed by atoms with Crippen LogP contribution in [0.5, 0.6) is 5.75 Å². The molecule has 0 bridgehead atoms. The van der Waals surface area contributed by atoms with Gasteiger partial charge in [-0.05, 0) is 48.4 Å². The number of methoxy groups -OCH3 is 1. The molecule has 26 heavy (non-hydrogen) atoms. The van der Waals surface area contributed by atoms with Gasteiger partial charge in [0.1, 0.15) is 5.75 Å². The lowest BCUT2D eigenvalue weighted by molar-refractivity contribution is 0.0925. The molecule has 0 unspecified atom stereocenters. The van der Waals surface area contributed by atoms with Crippen LogP contribution in [-0.4, -0.2) is 18.0 Å². The molecule has 5 heteroatoms. The summed E-state index contributed by atoms with van der Waals surface area (Å²) in [6.07, 6.45) is 0. The molecule has 4 aromatic rings. The molecule has 0 aliphatic heterocycles. The minimum absolute atomic E-state index is 0.252. The Morgan fingerprint density at radius 3 is 2.85 bits per heavy atom. The number of nitrogens with zero attached hydrogens (tertiary/aromatic N) is 1. The SMILES string of the molecule is COc1cccc(CNC(=O)c2cc3cc4ccc(C)cc4nc3o2)c1. The van der Waals surface area contributed by atoms with Crippen molar-refractivity contribution < 1.29 is 13.9 Å². The van der Waals surface area contributed by atoms with Crippen molar-refractivity contribution in [1.29, 1.82) is 0 Å². The van der Waals surface area contributed by atoms with E-state index in [2.05, 4.69) is 10.3 Å². The van der Waals surface area contributed by atoms with Crippen molar-refractivity contribution in [3.8, 4) is 5.75 Å². The fourth-order valence-electron chi connectivity index (χ4n) is 2.90. The Labute approximate surface area is 150 Å². The molecule has 0 saturated carbocycles. The predicted octanol–water partition coefficient (Wildman–Crippen LogP) is 4.23. The summed E-state index contributed by atoms with van der Waals surface area (Å²) in [5.41, 5.74) is 3.41. The first-order valence-electron chi connectivity index (χ1n) is 8.34. The van der Waals surface area contributed by atoms with Gasteiger partial charge < -0.3 is 14.5 Å². The number of ether oxygens (including phenoxy) is 1. The monoisotopic (exact) mass is 346 g/mol. The number of carbonyl (C=O) groups excluding carboxylic acids is 1. The second kappa shape index (κ2) is 6.52. The molecule has 1 amide bonds. The summed E-state index contributed by atoms with van der Waals surface area (Å²) in [6.45, 7) is 2.41. The molecule has 130 valence electrons. The summed E-state index contributed by atoms with van der Waals surface area (Å²) in [7, 11) is 1.62. The van der Waals surface area contributed by atoms with Crippen molar-refractivity contribution in [1.82, 2.24) is 10.3 Å². The summed E-state index contributed by atoms with van der Waals surface area (Å²) >= 11 is 0. The maximum Gasteiger partial charge on any atom is 0.287 e. The highest BCUT2D eigenvalue weighted by Crippen LogP contribution is 2.23. The largest absolute Gasteiger partial charge is 0.497 e. The van der Waals surface area contributed by atoms with E-state index < -0.39 is 0 Å². The normalized spacial score (nSPS) is 11.0. The molecule has 1 N–H and O–H groups in total. The van der Waals surface area contributed by atoms with Crippen LogP contribution in [0.1, 0.15) is 21.7 Å². The molecule has 2 heterocycles. The van der Waals surface area contributed by atoms with Crippen molar-refractivity contribution in [3.63, 3.8) is 0 Å². The number of amides is 1. The van der Waals surface area contributed by atoms with E-state index in [0.717, 1.165) is 33.2 Å². The lowest BCUT2D eigenvalue weighted by Gasteiger charge is -2.05. The number of hydrogen-bond acceptors (Lipinski definition) is 4. The van der Waals surface area contributed by atoms with Gasteiger partial charge in [-0.3, -0.25) is 4.79 Å². The van der Waals surface area contributed by atoms with Gasteiger partial charge in [-0.1, -0.05) is 24.3 Å². The Morgan fingerprint density at radius 1 is 1.12 bits per heavy atom. The number of rotatable bonds is 4. The van der Waals surface area contributed by atoms with E-state index in [0.29, 0.717) is 12.3 Å². The molecule has 4 rings (SSSR count). The molecular formula is C21H18N2O3. The topological polar surface area (TPSA) is 64.4 Å². The second-order valence-electron chi connectivity index (χ2n) is 6.22. The third-order valence-corrected chi connectivity index (χ3v) is 4.27. The fraction of sp³-hybridized carbons (Fsp3) is 0.143. The average molecular weight is 346 g/mol. The van der Waals surface area contributed by atoms with Crippen LogP contribution in [0.3, 0.4) is 0 Å².